The third-order valence-electron chi connectivity index (χ3n) is 18.9. The van der Waals surface area contributed by atoms with Crippen LogP contribution in [-0.2, 0) is 46.8 Å². The van der Waals surface area contributed by atoms with Gasteiger partial charge in [-0.05, 0) is 164 Å². The Morgan fingerprint density at radius 2 is 0.804 bits per heavy atom. The molecule has 0 aliphatic carbocycles. The molecule has 0 amide bonds. The predicted octanol–water partition coefficient (Wildman–Crippen LogP) is 18.5. The van der Waals surface area contributed by atoms with Gasteiger partial charge in [-0.3, -0.25) is 9.38 Å². The number of nitrogens with zero attached hydrogens (tertiary/aromatic N) is 9. The molecule has 0 bridgehead atoms. The lowest BCUT2D eigenvalue weighted by Crippen LogP contribution is -2.27. The van der Waals surface area contributed by atoms with Crippen LogP contribution in [0.2, 0.25) is 0 Å². The fraction of sp³-hybridized carbons (Fsp3) is 0.265. The van der Waals surface area contributed by atoms with E-state index in [1.54, 1.807) is 0 Å². The van der Waals surface area contributed by atoms with Gasteiger partial charge in [-0.1, -0.05) is 177 Å². The minimum Gasteiger partial charge on any atom is -0.258 e. The molecule has 8 aromatic carbocycles. The van der Waals surface area contributed by atoms with E-state index >= 15 is 0 Å². The molecule has 0 saturated carbocycles. The Kier molecular flexibility index (Phi) is 15.5. The summed E-state index contributed by atoms with van der Waals surface area (Å²) in [6.45, 7) is 25.2. The largest absolute Gasteiger partial charge is 0.312 e. The predicted molar refractivity (Wildman–Crippen MR) is 384 cm³/mol. The van der Waals surface area contributed by atoms with Crippen LogP contribution in [0, 0.1) is 44.4 Å². The van der Waals surface area contributed by atoms with Gasteiger partial charge in [-0.25, -0.2) is 13.7 Å². The SMILES string of the molecule is Cc1cccc2c1c1n(c3ccccc3[n+]1C)c1nc3ccccc3n21.Cc1cccc2c3ccccc3n3c(-c4c(CC(C)C)cccc4CC(C)C)c[n+](C)c3c12.Cc1ccnc2c3ccccc3n3c(-c4c(CC(C)C)cccc4CC(C)C)c[n+](C)c3c12. The van der Waals surface area contributed by atoms with Crippen molar-refractivity contribution in [2.45, 2.75) is 102 Å². The summed E-state index contributed by atoms with van der Waals surface area (Å²) in [4.78, 5) is 9.83. The van der Waals surface area contributed by atoms with E-state index in [0.717, 1.165) is 48.0 Å². The van der Waals surface area contributed by atoms with Crippen LogP contribution in [0.15, 0.2) is 195 Å². The third kappa shape index (κ3) is 10.0. The Labute approximate surface area is 540 Å². The quantitative estimate of drug-likeness (QED) is 0.101. The first-order valence-electron chi connectivity index (χ1n) is 33.3. The van der Waals surface area contributed by atoms with E-state index < -0.39 is 0 Å². The second-order valence-electron chi connectivity index (χ2n) is 27.7. The highest BCUT2D eigenvalue weighted by Gasteiger charge is 2.31. The molecule has 9 heteroatoms. The number of aryl methyl sites for hydroxylation is 6. The van der Waals surface area contributed by atoms with Crippen molar-refractivity contribution in [3.05, 3.63) is 233 Å². The van der Waals surface area contributed by atoms with E-state index in [1.807, 2.05) is 12.3 Å². The molecule has 16 rings (SSSR count). The number of aromatic nitrogens is 9. The highest BCUT2D eigenvalue weighted by molar-refractivity contribution is 6.13. The van der Waals surface area contributed by atoms with Crippen LogP contribution in [0.5, 0.6) is 0 Å². The zero-order chi connectivity index (χ0) is 64.0. The highest BCUT2D eigenvalue weighted by Crippen LogP contribution is 2.40. The number of rotatable bonds is 10. The van der Waals surface area contributed by atoms with E-state index in [2.05, 4.69) is 311 Å². The molecule has 0 radical (unpaired) electrons. The number of hydrogen-bond acceptors (Lipinski definition) is 2. The smallest absolute Gasteiger partial charge is 0.258 e. The molecule has 16 aromatic rings. The fourth-order valence-corrected chi connectivity index (χ4v) is 15.3. The number of hydrogen-bond donors (Lipinski definition) is 0. The van der Waals surface area contributed by atoms with Crippen LogP contribution in [-0.4, -0.2) is 27.6 Å². The maximum Gasteiger partial charge on any atom is 0.312 e. The van der Waals surface area contributed by atoms with Crippen molar-refractivity contribution in [2.24, 2.45) is 44.8 Å². The molecule has 460 valence electrons. The lowest BCUT2D eigenvalue weighted by molar-refractivity contribution is -0.643. The van der Waals surface area contributed by atoms with Crippen LogP contribution in [0.3, 0.4) is 0 Å². The molecule has 0 unspecified atom stereocenters. The lowest BCUT2D eigenvalue weighted by atomic mass is 9.89. The maximum atomic E-state index is 5.00. The highest BCUT2D eigenvalue weighted by atomic mass is 15.2. The first-order chi connectivity index (χ1) is 44.5. The normalized spacial score (nSPS) is 12.2. The number of para-hydroxylation sites is 6. The van der Waals surface area contributed by atoms with Crippen molar-refractivity contribution in [2.75, 3.05) is 0 Å². The Hall–Kier alpha value is -9.73. The number of imidazole rings is 4. The summed E-state index contributed by atoms with van der Waals surface area (Å²) in [5.41, 5.74) is 28.0. The van der Waals surface area contributed by atoms with Crippen LogP contribution >= 0.6 is 0 Å². The van der Waals surface area contributed by atoms with Crippen molar-refractivity contribution in [1.82, 2.24) is 27.6 Å². The molecule has 8 aromatic heterocycles. The molecule has 9 nitrogen and oxygen atoms in total. The third-order valence-corrected chi connectivity index (χ3v) is 18.9. The van der Waals surface area contributed by atoms with Gasteiger partial charge in [0.15, 0.2) is 22.4 Å². The summed E-state index contributed by atoms with van der Waals surface area (Å²) in [5, 5.41) is 7.69. The molecule has 0 fully saturated rings. The van der Waals surface area contributed by atoms with E-state index in [9.17, 15) is 0 Å². The molecule has 0 N–H and O–H groups in total. The molecule has 0 aliphatic heterocycles. The second-order valence-corrected chi connectivity index (χ2v) is 27.7. The van der Waals surface area contributed by atoms with Crippen LogP contribution in [0.4, 0.5) is 0 Å². The van der Waals surface area contributed by atoms with Crippen LogP contribution < -0.4 is 13.7 Å². The molecular formula is C83H86N9+3. The standard InChI is InChI=1S/C31H35N2.C30H34N3.C22H17N4/c1-20(2)17-23-12-10-13-24(18-21(3)4)30(23)28-19-32(6)31-29-22(5)11-9-15-26(29)25-14-7-8-16-27(25)33(28)31;1-19(2)16-22-10-9-11-23(17-20(3)4)28(22)26-18-32(6)30-27-21(5)14-15-31-29(27)24-12-7-8-13-25(24)33(26)30;1-14-8-7-13-19-20(14)21-24(2)17-11-5-6-12-18(17)26(21)22-23-15-9-3-4-10-16(15)25(19)22/h7-16,19-21H,17-18H2,1-6H3;7-15,18-20H,16-17H2,1-6H3;3-13H,1-2H3/q3*+1. The molecule has 0 spiro atoms. The Morgan fingerprint density at radius 1 is 0.370 bits per heavy atom. The Bertz CT molecular complexity index is 5280. The van der Waals surface area contributed by atoms with Crippen LogP contribution in [0.1, 0.15) is 94.3 Å². The maximum absolute atomic E-state index is 5.00. The van der Waals surface area contributed by atoms with Crippen molar-refractivity contribution >= 4 is 99.2 Å². The van der Waals surface area contributed by atoms with Crippen molar-refractivity contribution < 1.29 is 13.7 Å². The minimum atomic E-state index is 0.599. The zero-order valence-corrected chi connectivity index (χ0v) is 56.1. The van der Waals surface area contributed by atoms with Gasteiger partial charge in [-0.2, -0.15) is 18.2 Å². The number of pyridine rings is 3. The first-order valence-corrected chi connectivity index (χ1v) is 33.3. The molecule has 0 atom stereocenters. The zero-order valence-electron chi connectivity index (χ0n) is 56.1. The molecule has 8 heterocycles. The summed E-state index contributed by atoms with van der Waals surface area (Å²) >= 11 is 0. The fourth-order valence-electron chi connectivity index (χ4n) is 15.3. The van der Waals surface area contributed by atoms with Gasteiger partial charge in [0, 0.05) is 33.5 Å². The van der Waals surface area contributed by atoms with Crippen molar-refractivity contribution in [3.63, 3.8) is 0 Å². The van der Waals surface area contributed by atoms with Gasteiger partial charge in [0.25, 0.3) is 16.9 Å². The molecule has 0 aliphatic rings. The topological polar surface area (TPSA) is 55.1 Å². The molecular weight excluding hydrogens is 1120 g/mol. The second kappa shape index (κ2) is 23.8. The summed E-state index contributed by atoms with van der Waals surface area (Å²) < 4.78 is 16.5. The van der Waals surface area contributed by atoms with Crippen LogP contribution in [0.25, 0.3) is 122 Å². The number of fused-ring (bicyclic) bond motifs is 22. The van der Waals surface area contributed by atoms with Gasteiger partial charge in [0.2, 0.25) is 0 Å². The van der Waals surface area contributed by atoms with E-state index in [4.69, 9.17) is 9.97 Å². The van der Waals surface area contributed by atoms with Gasteiger partial charge in [0.1, 0.15) is 23.4 Å². The summed E-state index contributed by atoms with van der Waals surface area (Å²) in [7, 11) is 6.52. The lowest BCUT2D eigenvalue weighted by Gasteiger charge is -2.16. The minimum absolute atomic E-state index is 0.599. The average Bonchev–Trinajstić information content (AvgIpc) is 1.53. The number of benzene rings is 8. The summed E-state index contributed by atoms with van der Waals surface area (Å²) in [6.07, 6.45) is 10.9. The average molecular weight is 1210 g/mol. The molecule has 0 saturated heterocycles. The van der Waals surface area contributed by atoms with E-state index in [-0.39, 0.29) is 0 Å². The van der Waals surface area contributed by atoms with E-state index in [0.29, 0.717) is 23.7 Å². The van der Waals surface area contributed by atoms with Crippen molar-refractivity contribution in [3.8, 4) is 22.5 Å². The Morgan fingerprint density at radius 3 is 1.38 bits per heavy atom. The monoisotopic (exact) mass is 1210 g/mol. The van der Waals surface area contributed by atoms with Crippen molar-refractivity contribution in [1.29, 1.82) is 0 Å². The summed E-state index contributed by atoms with van der Waals surface area (Å²) in [5.74, 6) is 3.37. The van der Waals surface area contributed by atoms with Gasteiger partial charge >= 0.3 is 5.78 Å². The van der Waals surface area contributed by atoms with Gasteiger partial charge < -0.3 is 0 Å². The molecule has 92 heavy (non-hydrogen) atoms. The first kappa shape index (κ1) is 59.9. The summed E-state index contributed by atoms with van der Waals surface area (Å²) in [6, 6.07) is 63.7. The van der Waals surface area contributed by atoms with Gasteiger partial charge in [-0.15, -0.1) is 0 Å². The Balaban J connectivity index is 0.000000121. The van der Waals surface area contributed by atoms with Gasteiger partial charge in [0.05, 0.1) is 59.4 Å². The van der Waals surface area contributed by atoms with E-state index in [1.165, 1.54) is 138 Å².